The summed E-state index contributed by atoms with van der Waals surface area (Å²) in [6, 6.07) is 4.16. The molecule has 1 aromatic carbocycles. The van der Waals surface area contributed by atoms with Gasteiger partial charge in [-0.2, -0.15) is 18.9 Å². The number of amides is 1. The molecule has 0 atom stereocenters. The number of hydrogen-bond acceptors (Lipinski definition) is 3. The van der Waals surface area contributed by atoms with Crippen LogP contribution in [0.15, 0.2) is 30.6 Å². The largest absolute Gasteiger partial charge is 0.353 e. The Morgan fingerprint density at radius 2 is 2.06 bits per heavy atom. The number of carbonyl (C=O) groups excluding carboxylic acids is 1. The summed E-state index contributed by atoms with van der Waals surface area (Å²) in [5, 5.41) is 7.37. The maximum absolute atomic E-state index is 13.7. The van der Waals surface area contributed by atoms with Crippen molar-refractivity contribution in [3.05, 3.63) is 42.0 Å². The molecule has 0 radical (unpaired) electrons. The van der Waals surface area contributed by atoms with E-state index >= 15 is 0 Å². The van der Waals surface area contributed by atoms with Gasteiger partial charge in [-0.25, -0.2) is 9.49 Å². The van der Waals surface area contributed by atoms with Gasteiger partial charge in [0.25, 0.3) is 0 Å². The van der Waals surface area contributed by atoms with Crippen molar-refractivity contribution in [2.75, 3.05) is 5.32 Å². The second kappa shape index (κ2) is 4.47. The fourth-order valence-electron chi connectivity index (χ4n) is 1.29. The van der Waals surface area contributed by atoms with Gasteiger partial charge in [-0.05, 0) is 12.1 Å². The summed E-state index contributed by atoms with van der Waals surface area (Å²) >= 11 is 0. The predicted octanol–water partition coefficient (Wildman–Crippen LogP) is 1.67. The molecule has 94 valence electrons. The molecule has 0 aliphatic carbocycles. The number of aromatic amines is 1. The first-order chi connectivity index (χ1) is 8.51. The Balaban J connectivity index is 2.25. The number of aromatic nitrogens is 3. The minimum atomic E-state index is -4.00. The molecular weight excluding hydrogens is 249 g/mol. The summed E-state index contributed by atoms with van der Waals surface area (Å²) in [6.45, 7) is 0. The zero-order valence-corrected chi connectivity index (χ0v) is 8.82. The van der Waals surface area contributed by atoms with Crippen molar-refractivity contribution in [3.8, 4) is 0 Å². The molecule has 0 aliphatic rings. The van der Waals surface area contributed by atoms with Gasteiger partial charge in [0.15, 0.2) is 0 Å². The highest BCUT2D eigenvalue weighted by Crippen LogP contribution is 2.30. The van der Waals surface area contributed by atoms with Crippen LogP contribution in [0.3, 0.4) is 0 Å². The molecule has 1 heterocycles. The van der Waals surface area contributed by atoms with Crippen molar-refractivity contribution in [1.82, 2.24) is 15.2 Å². The molecule has 2 rings (SSSR count). The summed E-state index contributed by atoms with van der Waals surface area (Å²) in [4.78, 5) is 14.8. The van der Waals surface area contributed by atoms with Crippen molar-refractivity contribution < 1.29 is 18.0 Å². The standard InChI is InChI=1S/C10H7F3N4O/c11-7-4-2-1-3-6(7)10(12,13)8(18)16-9-14-5-15-17-9/h1-5H,(H2,14,15,16,17,18). The smallest absolute Gasteiger partial charge is 0.289 e. The van der Waals surface area contributed by atoms with Crippen LogP contribution in [-0.4, -0.2) is 21.1 Å². The fourth-order valence-corrected chi connectivity index (χ4v) is 1.29. The van der Waals surface area contributed by atoms with E-state index in [1.54, 1.807) is 5.32 Å². The van der Waals surface area contributed by atoms with E-state index in [9.17, 15) is 18.0 Å². The van der Waals surface area contributed by atoms with Gasteiger partial charge in [0.1, 0.15) is 12.1 Å². The Kier molecular flexibility index (Phi) is 3.00. The lowest BCUT2D eigenvalue weighted by Gasteiger charge is -2.15. The van der Waals surface area contributed by atoms with Crippen LogP contribution in [0, 0.1) is 5.82 Å². The third-order valence-corrected chi connectivity index (χ3v) is 2.14. The Labute approximate surface area is 99.0 Å². The van der Waals surface area contributed by atoms with Gasteiger partial charge >= 0.3 is 11.8 Å². The van der Waals surface area contributed by atoms with E-state index in [2.05, 4.69) is 15.2 Å². The number of nitrogens with zero attached hydrogens (tertiary/aromatic N) is 2. The molecule has 8 heteroatoms. The molecule has 2 aromatic rings. The summed E-state index contributed by atoms with van der Waals surface area (Å²) < 4.78 is 40.6. The van der Waals surface area contributed by atoms with Crippen molar-refractivity contribution >= 4 is 11.9 Å². The SMILES string of the molecule is O=C(Nc1ncn[nH]1)C(F)(F)c1ccccc1F. The number of hydrogen-bond donors (Lipinski definition) is 2. The lowest BCUT2D eigenvalue weighted by molar-refractivity contribution is -0.141. The van der Waals surface area contributed by atoms with Crippen LogP contribution in [0.1, 0.15) is 5.56 Å². The van der Waals surface area contributed by atoms with E-state index < -0.39 is 23.2 Å². The van der Waals surface area contributed by atoms with Gasteiger partial charge in [-0.3, -0.25) is 10.1 Å². The molecule has 0 fully saturated rings. The van der Waals surface area contributed by atoms with Crippen LogP contribution in [0.5, 0.6) is 0 Å². The number of benzene rings is 1. The van der Waals surface area contributed by atoms with E-state index in [0.717, 1.165) is 18.5 Å². The number of rotatable bonds is 3. The van der Waals surface area contributed by atoms with Gasteiger partial charge in [0.05, 0.1) is 5.56 Å². The average Bonchev–Trinajstić information content (AvgIpc) is 2.82. The van der Waals surface area contributed by atoms with Gasteiger partial charge in [-0.1, -0.05) is 12.1 Å². The minimum Gasteiger partial charge on any atom is -0.289 e. The summed E-state index contributed by atoms with van der Waals surface area (Å²) in [6.07, 6.45) is 1.04. The molecule has 0 bridgehead atoms. The van der Waals surface area contributed by atoms with Crippen LogP contribution >= 0.6 is 0 Å². The topological polar surface area (TPSA) is 70.7 Å². The molecule has 0 spiro atoms. The molecule has 0 saturated heterocycles. The number of carbonyl (C=O) groups is 1. The lowest BCUT2D eigenvalue weighted by Crippen LogP contribution is -2.33. The number of halogens is 3. The van der Waals surface area contributed by atoms with Crippen LogP contribution < -0.4 is 5.32 Å². The Morgan fingerprint density at radius 3 is 2.67 bits per heavy atom. The van der Waals surface area contributed by atoms with Crippen LogP contribution in [-0.2, 0) is 10.7 Å². The molecule has 1 aromatic heterocycles. The summed E-state index contributed by atoms with van der Waals surface area (Å²) in [5.74, 6) is -7.09. The quantitative estimate of drug-likeness (QED) is 0.877. The average molecular weight is 256 g/mol. The highest BCUT2D eigenvalue weighted by atomic mass is 19.3. The molecule has 5 nitrogen and oxygen atoms in total. The molecule has 18 heavy (non-hydrogen) atoms. The zero-order valence-electron chi connectivity index (χ0n) is 8.82. The summed E-state index contributed by atoms with van der Waals surface area (Å²) in [5.41, 5.74) is -0.998. The first kappa shape index (κ1) is 12.1. The minimum absolute atomic E-state index is 0.240. The lowest BCUT2D eigenvalue weighted by atomic mass is 10.1. The predicted molar refractivity (Wildman–Crippen MR) is 55.3 cm³/mol. The van der Waals surface area contributed by atoms with Gasteiger partial charge in [0, 0.05) is 0 Å². The van der Waals surface area contributed by atoms with Crippen LogP contribution in [0.2, 0.25) is 0 Å². The van der Waals surface area contributed by atoms with E-state index in [-0.39, 0.29) is 5.95 Å². The monoisotopic (exact) mass is 256 g/mol. The van der Waals surface area contributed by atoms with Gasteiger partial charge in [0.2, 0.25) is 5.95 Å². The Morgan fingerprint density at radius 1 is 1.33 bits per heavy atom. The van der Waals surface area contributed by atoms with E-state index in [4.69, 9.17) is 0 Å². The highest BCUT2D eigenvalue weighted by Gasteiger charge is 2.43. The van der Waals surface area contributed by atoms with E-state index in [0.29, 0.717) is 0 Å². The third-order valence-electron chi connectivity index (χ3n) is 2.14. The van der Waals surface area contributed by atoms with Crippen LogP contribution in [0.25, 0.3) is 0 Å². The van der Waals surface area contributed by atoms with E-state index in [1.165, 1.54) is 12.1 Å². The van der Waals surface area contributed by atoms with Crippen LogP contribution in [0.4, 0.5) is 19.1 Å². The molecular formula is C10H7F3N4O. The maximum atomic E-state index is 13.7. The third kappa shape index (κ3) is 2.17. The second-order valence-corrected chi connectivity index (χ2v) is 3.34. The van der Waals surface area contributed by atoms with Gasteiger partial charge < -0.3 is 0 Å². The number of H-pyrrole nitrogens is 1. The number of anilines is 1. The molecule has 0 saturated carbocycles. The van der Waals surface area contributed by atoms with E-state index in [1.807, 2.05) is 0 Å². The second-order valence-electron chi connectivity index (χ2n) is 3.34. The zero-order chi connectivity index (χ0) is 13.2. The number of nitrogens with one attached hydrogen (secondary N) is 2. The Hall–Kier alpha value is -2.38. The van der Waals surface area contributed by atoms with Crippen molar-refractivity contribution in [3.63, 3.8) is 0 Å². The van der Waals surface area contributed by atoms with Crippen molar-refractivity contribution in [2.24, 2.45) is 0 Å². The van der Waals surface area contributed by atoms with Gasteiger partial charge in [-0.15, -0.1) is 0 Å². The molecule has 0 unspecified atom stereocenters. The molecule has 2 N–H and O–H groups in total. The van der Waals surface area contributed by atoms with Crippen molar-refractivity contribution in [1.29, 1.82) is 0 Å². The maximum Gasteiger partial charge on any atom is 0.353 e. The fraction of sp³-hybridized carbons (Fsp3) is 0.100. The Bertz CT molecular complexity index is 556. The normalized spacial score (nSPS) is 11.3. The first-order valence-corrected chi connectivity index (χ1v) is 4.81. The van der Waals surface area contributed by atoms with Crippen molar-refractivity contribution in [2.45, 2.75) is 5.92 Å². The molecule has 1 amide bonds. The highest BCUT2D eigenvalue weighted by molar-refractivity contribution is 5.95. The molecule has 0 aliphatic heterocycles. The first-order valence-electron chi connectivity index (χ1n) is 4.81. The number of alkyl halides is 2. The summed E-state index contributed by atoms with van der Waals surface area (Å²) in [7, 11) is 0.